The van der Waals surface area contributed by atoms with Crippen molar-refractivity contribution in [2.75, 3.05) is 0 Å². The van der Waals surface area contributed by atoms with E-state index in [-0.39, 0.29) is 0 Å². The minimum absolute atomic E-state index is 0.509. The fraction of sp³-hybridized carbons (Fsp3) is 0.571. The average Bonchev–Trinajstić information content (AvgIpc) is 2.65. The molecule has 0 radical (unpaired) electrons. The van der Waals surface area contributed by atoms with Crippen LogP contribution in [0, 0.1) is 5.41 Å². The normalized spacial score (nSPS) is 30.2. The molecule has 3 rings (SSSR count). The van der Waals surface area contributed by atoms with Crippen molar-refractivity contribution in [3.8, 4) is 0 Å². The fourth-order valence-corrected chi connectivity index (χ4v) is 2.95. The summed E-state index contributed by atoms with van der Waals surface area (Å²) >= 11 is 6.01. The topological polar surface area (TPSA) is 12.0 Å². The predicted molar refractivity (Wildman–Crippen MR) is 67.8 cm³/mol. The zero-order valence-electron chi connectivity index (χ0n) is 9.89. The SMILES string of the molecule is CC1(C)CC1NC1CCc2cc(Cl)ccc21. The molecule has 1 N–H and O–H groups in total. The highest BCUT2D eigenvalue weighted by Gasteiger charge is 2.46. The van der Waals surface area contributed by atoms with E-state index < -0.39 is 0 Å². The molecule has 2 atom stereocenters. The summed E-state index contributed by atoms with van der Waals surface area (Å²) in [5.74, 6) is 0. The molecule has 1 saturated carbocycles. The van der Waals surface area contributed by atoms with Crippen molar-refractivity contribution in [2.45, 2.75) is 45.2 Å². The number of aryl methyl sites for hydroxylation is 1. The lowest BCUT2D eigenvalue weighted by Crippen LogP contribution is -2.24. The Bertz CT molecular complexity index is 425. The van der Waals surface area contributed by atoms with Gasteiger partial charge in [-0.05, 0) is 47.9 Å². The minimum atomic E-state index is 0.509. The van der Waals surface area contributed by atoms with Gasteiger partial charge in [-0.15, -0.1) is 0 Å². The third kappa shape index (κ3) is 1.76. The highest BCUT2D eigenvalue weighted by Crippen LogP contribution is 2.47. The van der Waals surface area contributed by atoms with Crippen LogP contribution in [0.1, 0.15) is 43.9 Å². The molecule has 0 amide bonds. The Morgan fingerprint density at radius 2 is 2.12 bits per heavy atom. The number of benzene rings is 1. The summed E-state index contributed by atoms with van der Waals surface area (Å²) in [6, 6.07) is 7.59. The maximum Gasteiger partial charge on any atom is 0.0408 e. The molecule has 1 aromatic carbocycles. The lowest BCUT2D eigenvalue weighted by Gasteiger charge is -2.15. The average molecular weight is 236 g/mol. The highest BCUT2D eigenvalue weighted by atomic mass is 35.5. The van der Waals surface area contributed by atoms with E-state index >= 15 is 0 Å². The molecule has 2 heteroatoms. The molecule has 0 saturated heterocycles. The van der Waals surface area contributed by atoms with Crippen molar-refractivity contribution in [3.63, 3.8) is 0 Å². The summed E-state index contributed by atoms with van der Waals surface area (Å²) in [5, 5.41) is 4.64. The maximum absolute atomic E-state index is 6.01. The molecule has 0 bridgehead atoms. The predicted octanol–water partition coefficient (Wildman–Crippen LogP) is 3.72. The van der Waals surface area contributed by atoms with Crippen LogP contribution in [-0.2, 0) is 6.42 Å². The van der Waals surface area contributed by atoms with Gasteiger partial charge in [0.15, 0.2) is 0 Å². The molecular weight excluding hydrogens is 218 g/mol. The lowest BCUT2D eigenvalue weighted by atomic mass is 10.1. The van der Waals surface area contributed by atoms with Gasteiger partial charge in [0, 0.05) is 17.1 Å². The summed E-state index contributed by atoms with van der Waals surface area (Å²) in [4.78, 5) is 0. The highest BCUT2D eigenvalue weighted by molar-refractivity contribution is 6.30. The van der Waals surface area contributed by atoms with Crippen LogP contribution in [0.4, 0.5) is 0 Å². The summed E-state index contributed by atoms with van der Waals surface area (Å²) < 4.78 is 0. The third-order valence-corrected chi connectivity index (χ3v) is 4.33. The first kappa shape index (κ1) is 10.6. The Labute approximate surface area is 102 Å². The zero-order chi connectivity index (χ0) is 11.3. The molecule has 86 valence electrons. The van der Waals surface area contributed by atoms with Crippen LogP contribution in [0.2, 0.25) is 5.02 Å². The number of halogens is 1. The smallest absolute Gasteiger partial charge is 0.0408 e. The van der Waals surface area contributed by atoms with Crippen LogP contribution in [0.3, 0.4) is 0 Å². The van der Waals surface area contributed by atoms with Gasteiger partial charge >= 0.3 is 0 Å². The van der Waals surface area contributed by atoms with Gasteiger partial charge in [-0.3, -0.25) is 0 Å². The Morgan fingerprint density at radius 1 is 1.38 bits per heavy atom. The van der Waals surface area contributed by atoms with Crippen LogP contribution in [-0.4, -0.2) is 6.04 Å². The van der Waals surface area contributed by atoms with Crippen LogP contribution in [0.25, 0.3) is 0 Å². The molecule has 1 nitrogen and oxygen atoms in total. The number of hydrogen-bond donors (Lipinski definition) is 1. The Kier molecular flexibility index (Phi) is 2.31. The second kappa shape index (κ2) is 3.48. The van der Waals surface area contributed by atoms with Crippen molar-refractivity contribution in [2.24, 2.45) is 5.41 Å². The Balaban J connectivity index is 1.77. The number of nitrogens with one attached hydrogen (secondary N) is 1. The first-order valence-electron chi connectivity index (χ1n) is 6.11. The van der Waals surface area contributed by atoms with Crippen LogP contribution >= 0.6 is 11.6 Å². The van der Waals surface area contributed by atoms with Crippen LogP contribution in [0.5, 0.6) is 0 Å². The van der Waals surface area contributed by atoms with Crippen molar-refractivity contribution in [1.29, 1.82) is 0 Å². The molecule has 1 aromatic rings. The Hall–Kier alpha value is -0.530. The number of hydrogen-bond acceptors (Lipinski definition) is 1. The van der Waals surface area contributed by atoms with E-state index in [1.165, 1.54) is 30.4 Å². The van der Waals surface area contributed by atoms with E-state index in [0.29, 0.717) is 17.5 Å². The van der Waals surface area contributed by atoms with Gasteiger partial charge in [0.25, 0.3) is 0 Å². The van der Waals surface area contributed by atoms with E-state index in [1.54, 1.807) is 0 Å². The van der Waals surface area contributed by atoms with Crippen molar-refractivity contribution >= 4 is 11.6 Å². The van der Waals surface area contributed by atoms with Gasteiger partial charge in [0.1, 0.15) is 0 Å². The number of rotatable bonds is 2. The van der Waals surface area contributed by atoms with Crippen molar-refractivity contribution < 1.29 is 0 Å². The molecule has 0 heterocycles. The largest absolute Gasteiger partial charge is 0.307 e. The Morgan fingerprint density at radius 3 is 2.81 bits per heavy atom. The molecule has 2 aliphatic rings. The quantitative estimate of drug-likeness (QED) is 0.824. The van der Waals surface area contributed by atoms with E-state index in [4.69, 9.17) is 11.6 Å². The van der Waals surface area contributed by atoms with E-state index in [1.807, 2.05) is 6.07 Å². The molecule has 2 unspecified atom stereocenters. The summed E-state index contributed by atoms with van der Waals surface area (Å²) in [6.45, 7) is 4.67. The zero-order valence-corrected chi connectivity index (χ0v) is 10.6. The first-order chi connectivity index (χ1) is 7.56. The maximum atomic E-state index is 6.01. The second-order valence-electron chi connectivity index (χ2n) is 5.85. The summed E-state index contributed by atoms with van der Waals surface area (Å²) in [6.07, 6.45) is 3.70. The molecule has 0 aromatic heterocycles. The van der Waals surface area contributed by atoms with E-state index in [9.17, 15) is 0 Å². The molecular formula is C14H18ClN. The van der Waals surface area contributed by atoms with Crippen molar-refractivity contribution in [1.82, 2.24) is 5.32 Å². The third-order valence-electron chi connectivity index (χ3n) is 4.10. The standard InChI is InChI=1S/C14H18ClN/c1-14(2)8-13(14)16-12-6-3-9-7-10(15)4-5-11(9)12/h4-5,7,12-13,16H,3,6,8H2,1-2H3. The van der Waals surface area contributed by atoms with Gasteiger partial charge in [0.05, 0.1) is 0 Å². The van der Waals surface area contributed by atoms with Gasteiger partial charge in [-0.25, -0.2) is 0 Å². The minimum Gasteiger partial charge on any atom is -0.307 e. The fourth-order valence-electron chi connectivity index (χ4n) is 2.75. The van der Waals surface area contributed by atoms with Crippen molar-refractivity contribution in [3.05, 3.63) is 34.3 Å². The van der Waals surface area contributed by atoms with Crippen LogP contribution in [0.15, 0.2) is 18.2 Å². The van der Waals surface area contributed by atoms with Gasteiger partial charge in [0.2, 0.25) is 0 Å². The summed E-state index contributed by atoms with van der Waals surface area (Å²) in [7, 11) is 0. The molecule has 2 aliphatic carbocycles. The van der Waals surface area contributed by atoms with Gasteiger partial charge in [-0.1, -0.05) is 31.5 Å². The monoisotopic (exact) mass is 235 g/mol. The molecule has 16 heavy (non-hydrogen) atoms. The van der Waals surface area contributed by atoms with E-state index in [0.717, 1.165) is 5.02 Å². The van der Waals surface area contributed by atoms with E-state index in [2.05, 4.69) is 31.3 Å². The molecule has 0 spiro atoms. The molecule has 0 aliphatic heterocycles. The van der Waals surface area contributed by atoms with Gasteiger partial charge in [-0.2, -0.15) is 0 Å². The molecule has 1 fully saturated rings. The first-order valence-corrected chi connectivity index (χ1v) is 6.48. The van der Waals surface area contributed by atoms with Crippen LogP contribution < -0.4 is 5.32 Å². The lowest BCUT2D eigenvalue weighted by molar-refractivity contribution is 0.468. The number of fused-ring (bicyclic) bond motifs is 1. The second-order valence-corrected chi connectivity index (χ2v) is 6.28. The summed E-state index contributed by atoms with van der Waals surface area (Å²) in [5.41, 5.74) is 3.41. The van der Waals surface area contributed by atoms with Gasteiger partial charge < -0.3 is 5.32 Å².